The molecule has 0 bridgehead atoms. The van der Waals surface area contributed by atoms with E-state index in [1.54, 1.807) is 14.2 Å². The van der Waals surface area contributed by atoms with Gasteiger partial charge in [0.05, 0.1) is 20.3 Å². The Balaban J connectivity index is 1.60. The Labute approximate surface area is 166 Å². The summed E-state index contributed by atoms with van der Waals surface area (Å²) >= 11 is 0. The molecular formula is C23H28N2O3. The van der Waals surface area contributed by atoms with Gasteiger partial charge in [-0.05, 0) is 61.9 Å². The summed E-state index contributed by atoms with van der Waals surface area (Å²) in [5.41, 5.74) is 5.30. The van der Waals surface area contributed by atoms with E-state index in [4.69, 9.17) is 9.47 Å². The van der Waals surface area contributed by atoms with E-state index in [-0.39, 0.29) is 11.9 Å². The van der Waals surface area contributed by atoms with Gasteiger partial charge in [-0.2, -0.15) is 0 Å². The third-order valence-corrected chi connectivity index (χ3v) is 6.03. The molecule has 1 aliphatic heterocycles. The van der Waals surface area contributed by atoms with Crippen molar-refractivity contribution in [1.82, 2.24) is 4.90 Å². The first-order valence-corrected chi connectivity index (χ1v) is 10.0. The predicted octanol–water partition coefficient (Wildman–Crippen LogP) is 4.35. The van der Waals surface area contributed by atoms with Crippen molar-refractivity contribution in [2.45, 2.75) is 38.6 Å². The van der Waals surface area contributed by atoms with E-state index in [1.165, 1.54) is 11.1 Å². The summed E-state index contributed by atoms with van der Waals surface area (Å²) < 4.78 is 11.0. The number of nitrogens with one attached hydrogen (secondary N) is 1. The molecule has 2 aliphatic rings. The van der Waals surface area contributed by atoms with Crippen LogP contribution < -0.4 is 14.8 Å². The number of hydrogen-bond acceptors (Lipinski definition) is 4. The number of amides is 1. The quantitative estimate of drug-likeness (QED) is 0.838. The number of anilines is 1. The van der Waals surface area contributed by atoms with Crippen molar-refractivity contribution in [3.05, 3.63) is 52.6 Å². The molecule has 2 aromatic rings. The Morgan fingerprint density at radius 2 is 1.89 bits per heavy atom. The van der Waals surface area contributed by atoms with Crippen LogP contribution >= 0.6 is 0 Å². The molecule has 1 amide bonds. The van der Waals surface area contributed by atoms with E-state index in [1.807, 2.05) is 30.0 Å². The number of carbonyl (C=O) groups excluding carboxylic acids is 1. The van der Waals surface area contributed by atoms with Gasteiger partial charge in [0, 0.05) is 29.9 Å². The van der Waals surface area contributed by atoms with Gasteiger partial charge in [-0.15, -0.1) is 0 Å². The minimum absolute atomic E-state index is 0.150. The highest BCUT2D eigenvalue weighted by Gasteiger charge is 2.28. The first-order chi connectivity index (χ1) is 13.6. The maximum atomic E-state index is 12.9. The maximum absolute atomic E-state index is 12.9. The van der Waals surface area contributed by atoms with Gasteiger partial charge in [0.15, 0.2) is 11.5 Å². The highest BCUT2D eigenvalue weighted by atomic mass is 16.5. The van der Waals surface area contributed by atoms with Crippen LogP contribution in [0.25, 0.3) is 0 Å². The van der Waals surface area contributed by atoms with Crippen LogP contribution in [0, 0.1) is 6.92 Å². The van der Waals surface area contributed by atoms with Gasteiger partial charge in [-0.1, -0.05) is 12.1 Å². The summed E-state index contributed by atoms with van der Waals surface area (Å²) in [6.45, 7) is 3.78. The normalized spacial score (nSPS) is 18.1. The molecule has 5 heteroatoms. The van der Waals surface area contributed by atoms with Gasteiger partial charge in [-0.3, -0.25) is 4.79 Å². The molecule has 5 nitrogen and oxygen atoms in total. The van der Waals surface area contributed by atoms with Gasteiger partial charge < -0.3 is 19.7 Å². The average molecular weight is 380 g/mol. The molecule has 0 spiro atoms. The zero-order valence-corrected chi connectivity index (χ0v) is 16.9. The fourth-order valence-electron chi connectivity index (χ4n) is 4.49. The van der Waals surface area contributed by atoms with Crippen molar-refractivity contribution in [2.24, 2.45) is 0 Å². The van der Waals surface area contributed by atoms with Crippen LogP contribution in [-0.4, -0.2) is 38.1 Å². The molecule has 4 rings (SSSR count). The van der Waals surface area contributed by atoms with E-state index in [0.717, 1.165) is 67.1 Å². The molecular weight excluding hydrogens is 352 g/mol. The highest BCUT2D eigenvalue weighted by Crippen LogP contribution is 2.43. The zero-order chi connectivity index (χ0) is 19.7. The second-order valence-electron chi connectivity index (χ2n) is 7.58. The SMILES string of the molecule is COc1ccc2c(c1OC)CCC2Nc1cccc(C(=O)N2CCCC2)c1C. The van der Waals surface area contributed by atoms with Crippen molar-refractivity contribution in [3.8, 4) is 11.5 Å². The van der Waals surface area contributed by atoms with E-state index in [2.05, 4.69) is 17.4 Å². The van der Waals surface area contributed by atoms with Gasteiger partial charge in [0.25, 0.3) is 5.91 Å². The fourth-order valence-corrected chi connectivity index (χ4v) is 4.49. The molecule has 0 aromatic heterocycles. The minimum Gasteiger partial charge on any atom is -0.493 e. The van der Waals surface area contributed by atoms with Gasteiger partial charge >= 0.3 is 0 Å². The summed E-state index contributed by atoms with van der Waals surface area (Å²) in [6.07, 6.45) is 4.14. The van der Waals surface area contributed by atoms with Crippen LogP contribution in [-0.2, 0) is 6.42 Å². The Bertz CT molecular complexity index is 888. The van der Waals surface area contributed by atoms with Crippen molar-refractivity contribution < 1.29 is 14.3 Å². The largest absolute Gasteiger partial charge is 0.493 e. The van der Waals surface area contributed by atoms with Crippen LogP contribution in [0.1, 0.15) is 52.4 Å². The summed E-state index contributed by atoms with van der Waals surface area (Å²) in [7, 11) is 3.36. The Morgan fingerprint density at radius 1 is 1.11 bits per heavy atom. The monoisotopic (exact) mass is 380 g/mol. The van der Waals surface area contributed by atoms with E-state index in [0.29, 0.717) is 0 Å². The smallest absolute Gasteiger partial charge is 0.254 e. The van der Waals surface area contributed by atoms with Gasteiger partial charge in [0.2, 0.25) is 0 Å². The molecule has 1 aliphatic carbocycles. The molecule has 28 heavy (non-hydrogen) atoms. The predicted molar refractivity (Wildman–Crippen MR) is 111 cm³/mol. The fraction of sp³-hybridized carbons (Fsp3) is 0.435. The van der Waals surface area contributed by atoms with Crippen molar-refractivity contribution in [2.75, 3.05) is 32.6 Å². The molecule has 0 saturated carbocycles. The number of fused-ring (bicyclic) bond motifs is 1. The van der Waals surface area contributed by atoms with E-state index in [9.17, 15) is 4.79 Å². The standard InChI is InChI=1S/C23H28N2O3/c1-15-16(23(26)25-13-4-5-14-25)7-6-8-19(15)24-20-11-9-18-17(20)10-12-21(27-2)22(18)28-3/h6-8,10,12,20,24H,4-5,9,11,13-14H2,1-3H3. The second-order valence-corrected chi connectivity index (χ2v) is 7.58. The third-order valence-electron chi connectivity index (χ3n) is 6.03. The highest BCUT2D eigenvalue weighted by molar-refractivity contribution is 5.97. The van der Waals surface area contributed by atoms with Crippen LogP contribution in [0.2, 0.25) is 0 Å². The Kier molecular flexibility index (Phi) is 5.16. The molecule has 2 aromatic carbocycles. The molecule has 148 valence electrons. The first-order valence-electron chi connectivity index (χ1n) is 10.0. The molecule has 1 fully saturated rings. The molecule has 1 N–H and O–H groups in total. The number of methoxy groups -OCH3 is 2. The van der Waals surface area contributed by atoms with Gasteiger partial charge in [0.1, 0.15) is 0 Å². The minimum atomic E-state index is 0.150. The molecule has 0 radical (unpaired) electrons. The van der Waals surface area contributed by atoms with Crippen LogP contribution in [0.3, 0.4) is 0 Å². The number of rotatable bonds is 5. The number of likely N-dealkylation sites (tertiary alicyclic amines) is 1. The number of nitrogens with zero attached hydrogens (tertiary/aromatic N) is 1. The Hall–Kier alpha value is -2.69. The molecule has 1 atom stereocenters. The van der Waals surface area contributed by atoms with E-state index < -0.39 is 0 Å². The zero-order valence-electron chi connectivity index (χ0n) is 16.9. The van der Waals surface area contributed by atoms with Gasteiger partial charge in [-0.25, -0.2) is 0 Å². The average Bonchev–Trinajstić information content (AvgIpc) is 3.38. The lowest BCUT2D eigenvalue weighted by atomic mass is 10.0. The molecule has 1 heterocycles. The maximum Gasteiger partial charge on any atom is 0.254 e. The number of hydrogen-bond donors (Lipinski definition) is 1. The first kappa shape index (κ1) is 18.7. The Morgan fingerprint density at radius 3 is 2.61 bits per heavy atom. The summed E-state index contributed by atoms with van der Waals surface area (Å²) in [4.78, 5) is 14.8. The van der Waals surface area contributed by atoms with Crippen LogP contribution in [0.4, 0.5) is 5.69 Å². The van der Waals surface area contributed by atoms with Crippen molar-refractivity contribution >= 4 is 11.6 Å². The van der Waals surface area contributed by atoms with Crippen LogP contribution in [0.15, 0.2) is 30.3 Å². The number of carbonyl (C=O) groups is 1. The van der Waals surface area contributed by atoms with Crippen molar-refractivity contribution in [1.29, 1.82) is 0 Å². The summed E-state index contributed by atoms with van der Waals surface area (Å²) in [5.74, 6) is 1.76. The lowest BCUT2D eigenvalue weighted by molar-refractivity contribution is 0.0792. The topological polar surface area (TPSA) is 50.8 Å². The lowest BCUT2D eigenvalue weighted by Crippen LogP contribution is -2.28. The van der Waals surface area contributed by atoms with Crippen molar-refractivity contribution in [3.63, 3.8) is 0 Å². The lowest BCUT2D eigenvalue weighted by Gasteiger charge is -2.21. The third kappa shape index (κ3) is 3.19. The van der Waals surface area contributed by atoms with Crippen LogP contribution in [0.5, 0.6) is 11.5 Å². The number of ether oxygens (including phenoxy) is 2. The number of benzene rings is 2. The second kappa shape index (κ2) is 7.74. The molecule has 1 unspecified atom stereocenters. The summed E-state index contributed by atoms with van der Waals surface area (Å²) in [5, 5.41) is 3.67. The molecule has 1 saturated heterocycles. The summed E-state index contributed by atoms with van der Waals surface area (Å²) in [6, 6.07) is 10.3. The van der Waals surface area contributed by atoms with E-state index >= 15 is 0 Å².